The molecule has 0 saturated carbocycles. The molecule has 7 heteroatoms. The topological polar surface area (TPSA) is 87.7 Å². The van der Waals surface area contributed by atoms with Gasteiger partial charge in [0.2, 0.25) is 11.8 Å². The van der Waals surface area contributed by atoms with Crippen molar-refractivity contribution in [1.82, 2.24) is 10.2 Å². The van der Waals surface area contributed by atoms with E-state index in [4.69, 9.17) is 4.74 Å². The summed E-state index contributed by atoms with van der Waals surface area (Å²) in [5, 5.41) is 7.69. The average molecular weight is 458 g/mol. The maximum absolute atomic E-state index is 13.3. The van der Waals surface area contributed by atoms with E-state index in [0.717, 1.165) is 34.9 Å². The monoisotopic (exact) mass is 457 g/mol. The standard InChI is InChI=1S/C27H27N3O4/c1-34-24-14-12-18(17-7-2-3-8-19(17)24)23-11-6-16-30(23)25(31)15-13-22-27(33)28-21-10-5-4-9-20(21)26(32)29-22/h2-5,7-10,12,14,22-23H,6,11,13,15-16H2,1H3,(H,28,33)(H,29,32)/t22-,23+/m1/s1. The van der Waals surface area contributed by atoms with Gasteiger partial charge in [0, 0.05) is 18.4 Å². The van der Waals surface area contributed by atoms with E-state index in [1.54, 1.807) is 31.4 Å². The molecule has 1 fully saturated rings. The van der Waals surface area contributed by atoms with Crippen molar-refractivity contribution in [3.05, 3.63) is 71.8 Å². The summed E-state index contributed by atoms with van der Waals surface area (Å²) in [6.07, 6.45) is 2.24. The number of methoxy groups -OCH3 is 1. The first-order chi connectivity index (χ1) is 16.6. The Bertz CT molecular complexity index is 1270. The number of carbonyl (C=O) groups excluding carboxylic acids is 3. The zero-order chi connectivity index (χ0) is 23.7. The molecule has 34 heavy (non-hydrogen) atoms. The quantitative estimate of drug-likeness (QED) is 0.605. The summed E-state index contributed by atoms with van der Waals surface area (Å²) < 4.78 is 5.52. The molecule has 2 aliphatic rings. The zero-order valence-corrected chi connectivity index (χ0v) is 19.0. The van der Waals surface area contributed by atoms with Gasteiger partial charge in [0.1, 0.15) is 11.8 Å². The fraction of sp³-hybridized carbons (Fsp3) is 0.296. The van der Waals surface area contributed by atoms with Crippen LogP contribution in [0.2, 0.25) is 0 Å². The molecule has 0 bridgehead atoms. The number of nitrogens with one attached hydrogen (secondary N) is 2. The molecule has 5 rings (SSSR count). The number of fused-ring (bicyclic) bond motifs is 2. The molecule has 0 aromatic heterocycles. The first-order valence-corrected chi connectivity index (χ1v) is 11.6. The summed E-state index contributed by atoms with van der Waals surface area (Å²) in [7, 11) is 1.66. The third-order valence-corrected chi connectivity index (χ3v) is 6.77. The largest absolute Gasteiger partial charge is 0.496 e. The van der Waals surface area contributed by atoms with Gasteiger partial charge >= 0.3 is 0 Å². The highest BCUT2D eigenvalue weighted by Gasteiger charge is 2.33. The van der Waals surface area contributed by atoms with Crippen LogP contribution in [0.3, 0.4) is 0 Å². The molecule has 0 aliphatic carbocycles. The maximum atomic E-state index is 13.3. The minimum absolute atomic E-state index is 0.00814. The molecular formula is C27H27N3O4. The summed E-state index contributed by atoms with van der Waals surface area (Å²) in [4.78, 5) is 40.4. The van der Waals surface area contributed by atoms with Crippen molar-refractivity contribution >= 4 is 34.2 Å². The van der Waals surface area contributed by atoms with Gasteiger partial charge in [0.15, 0.2) is 0 Å². The Hall–Kier alpha value is -3.87. The fourth-order valence-electron chi connectivity index (χ4n) is 5.08. The molecule has 1 saturated heterocycles. The second-order valence-electron chi connectivity index (χ2n) is 8.75. The van der Waals surface area contributed by atoms with E-state index >= 15 is 0 Å². The lowest BCUT2D eigenvalue weighted by Crippen LogP contribution is -2.42. The minimum Gasteiger partial charge on any atom is -0.496 e. The van der Waals surface area contributed by atoms with Crippen LogP contribution in [0.4, 0.5) is 5.69 Å². The third-order valence-electron chi connectivity index (χ3n) is 6.77. The number of likely N-dealkylation sites (tertiary alicyclic amines) is 1. The Labute approximate surface area is 198 Å². The van der Waals surface area contributed by atoms with Crippen molar-refractivity contribution in [2.24, 2.45) is 0 Å². The summed E-state index contributed by atoms with van der Waals surface area (Å²) in [5.41, 5.74) is 2.03. The molecule has 174 valence electrons. The van der Waals surface area contributed by atoms with Crippen LogP contribution in [0.1, 0.15) is 47.6 Å². The molecule has 0 radical (unpaired) electrons. The van der Waals surface area contributed by atoms with E-state index in [1.807, 2.05) is 35.2 Å². The number of ether oxygens (including phenoxy) is 1. The van der Waals surface area contributed by atoms with Crippen LogP contribution >= 0.6 is 0 Å². The highest BCUT2D eigenvalue weighted by atomic mass is 16.5. The Morgan fingerprint density at radius 3 is 2.62 bits per heavy atom. The van der Waals surface area contributed by atoms with Gasteiger partial charge in [-0.25, -0.2) is 0 Å². The second-order valence-corrected chi connectivity index (χ2v) is 8.75. The van der Waals surface area contributed by atoms with E-state index in [9.17, 15) is 14.4 Å². The van der Waals surface area contributed by atoms with Gasteiger partial charge in [-0.15, -0.1) is 0 Å². The summed E-state index contributed by atoms with van der Waals surface area (Å²) in [6, 6.07) is 18.2. The van der Waals surface area contributed by atoms with Crippen molar-refractivity contribution in [1.29, 1.82) is 0 Å². The number of carbonyl (C=O) groups is 3. The molecular weight excluding hydrogens is 430 g/mol. The highest BCUT2D eigenvalue weighted by Crippen LogP contribution is 2.39. The molecule has 2 aliphatic heterocycles. The lowest BCUT2D eigenvalue weighted by Gasteiger charge is -2.27. The van der Waals surface area contributed by atoms with E-state index in [0.29, 0.717) is 17.8 Å². The van der Waals surface area contributed by atoms with Crippen molar-refractivity contribution in [3.63, 3.8) is 0 Å². The first kappa shape index (κ1) is 21.9. The third kappa shape index (κ3) is 3.98. The van der Waals surface area contributed by atoms with Gasteiger partial charge in [-0.2, -0.15) is 0 Å². The summed E-state index contributed by atoms with van der Waals surface area (Å²) in [5.74, 6) is 0.193. The Kier molecular flexibility index (Phi) is 5.92. The molecule has 0 spiro atoms. The average Bonchev–Trinajstić information content (AvgIpc) is 3.31. The number of benzene rings is 3. The van der Waals surface area contributed by atoms with Gasteiger partial charge < -0.3 is 20.3 Å². The molecule has 2 atom stereocenters. The molecule has 3 amide bonds. The SMILES string of the molecule is COc1ccc([C@@H]2CCCN2C(=O)CC[C@H]2NC(=O)c3ccccc3NC2=O)c2ccccc12. The van der Waals surface area contributed by atoms with Crippen LogP contribution in [0.25, 0.3) is 10.8 Å². The predicted octanol–water partition coefficient (Wildman–Crippen LogP) is 4.04. The number of rotatable bonds is 5. The summed E-state index contributed by atoms with van der Waals surface area (Å²) >= 11 is 0. The second kappa shape index (κ2) is 9.17. The number of para-hydroxylation sites is 1. The molecule has 2 N–H and O–H groups in total. The lowest BCUT2D eigenvalue weighted by atomic mass is 9.96. The van der Waals surface area contributed by atoms with Crippen molar-refractivity contribution in [2.45, 2.75) is 37.8 Å². The minimum atomic E-state index is -0.758. The van der Waals surface area contributed by atoms with Gasteiger partial charge in [-0.3, -0.25) is 14.4 Å². The Morgan fingerprint density at radius 1 is 1.03 bits per heavy atom. The molecule has 0 unspecified atom stereocenters. The van der Waals surface area contributed by atoms with Gasteiger partial charge in [0.25, 0.3) is 5.91 Å². The van der Waals surface area contributed by atoms with Crippen LogP contribution in [-0.4, -0.2) is 42.3 Å². The van der Waals surface area contributed by atoms with Crippen LogP contribution in [0.5, 0.6) is 5.75 Å². The van der Waals surface area contributed by atoms with Crippen LogP contribution in [-0.2, 0) is 9.59 Å². The molecule has 3 aromatic rings. The maximum Gasteiger partial charge on any atom is 0.254 e. The van der Waals surface area contributed by atoms with Crippen LogP contribution in [0.15, 0.2) is 60.7 Å². The number of nitrogens with zero attached hydrogens (tertiary/aromatic N) is 1. The number of hydrogen-bond acceptors (Lipinski definition) is 4. The van der Waals surface area contributed by atoms with E-state index < -0.39 is 6.04 Å². The van der Waals surface area contributed by atoms with E-state index in [2.05, 4.69) is 16.7 Å². The normalized spacial score (nSPS) is 19.9. The summed E-state index contributed by atoms with van der Waals surface area (Å²) in [6.45, 7) is 0.679. The van der Waals surface area contributed by atoms with E-state index in [1.165, 1.54) is 0 Å². The van der Waals surface area contributed by atoms with Crippen molar-refractivity contribution in [3.8, 4) is 5.75 Å². The fourth-order valence-corrected chi connectivity index (χ4v) is 5.08. The van der Waals surface area contributed by atoms with Crippen LogP contribution < -0.4 is 15.4 Å². The van der Waals surface area contributed by atoms with Gasteiger partial charge in [0.05, 0.1) is 24.4 Å². The first-order valence-electron chi connectivity index (χ1n) is 11.6. The van der Waals surface area contributed by atoms with Gasteiger partial charge in [-0.05, 0) is 48.4 Å². The lowest BCUT2D eigenvalue weighted by molar-refractivity contribution is -0.132. The highest BCUT2D eigenvalue weighted by molar-refractivity contribution is 6.09. The van der Waals surface area contributed by atoms with Gasteiger partial charge in [-0.1, -0.05) is 42.5 Å². The smallest absolute Gasteiger partial charge is 0.254 e. The number of anilines is 1. The molecule has 3 aromatic carbocycles. The Morgan fingerprint density at radius 2 is 1.79 bits per heavy atom. The zero-order valence-electron chi connectivity index (χ0n) is 19.0. The van der Waals surface area contributed by atoms with Crippen LogP contribution in [0, 0.1) is 0 Å². The van der Waals surface area contributed by atoms with Crippen molar-refractivity contribution < 1.29 is 19.1 Å². The van der Waals surface area contributed by atoms with E-state index in [-0.39, 0.29) is 36.6 Å². The molecule has 2 heterocycles. The van der Waals surface area contributed by atoms with Crippen molar-refractivity contribution in [2.75, 3.05) is 19.0 Å². The molecule has 7 nitrogen and oxygen atoms in total. The number of hydrogen-bond donors (Lipinski definition) is 2. The number of amides is 3. The predicted molar refractivity (Wildman–Crippen MR) is 130 cm³/mol. The Balaban J connectivity index is 1.32.